The average molecular weight is 260 g/mol. The lowest BCUT2D eigenvalue weighted by Gasteiger charge is -2.28. The highest BCUT2D eigenvalue weighted by molar-refractivity contribution is 6.31. The van der Waals surface area contributed by atoms with E-state index in [-0.39, 0.29) is 23.0 Å². The maximum Gasteiger partial charge on any atom is 0.276 e. The molecule has 0 radical (unpaired) electrons. The zero-order chi connectivity index (χ0) is 12.3. The number of piperidine rings is 1. The van der Waals surface area contributed by atoms with Crippen LogP contribution >= 0.6 is 11.6 Å². The predicted molar refractivity (Wildman–Crippen MR) is 65.6 cm³/mol. The van der Waals surface area contributed by atoms with E-state index in [1.807, 2.05) is 0 Å². The first-order valence-electron chi connectivity index (χ1n) is 5.96. The minimum Gasteiger partial charge on any atom is -0.314 e. The summed E-state index contributed by atoms with van der Waals surface area (Å²) in [5.74, 6) is -2.85. The molecule has 1 unspecified atom stereocenters. The van der Waals surface area contributed by atoms with Crippen molar-refractivity contribution in [2.75, 3.05) is 6.54 Å². The van der Waals surface area contributed by atoms with Crippen molar-refractivity contribution in [3.05, 3.63) is 34.9 Å². The van der Waals surface area contributed by atoms with Crippen LogP contribution in [0.15, 0.2) is 24.3 Å². The normalized spacial score (nSPS) is 21.5. The fraction of sp³-hybridized carbons (Fsp3) is 0.538. The van der Waals surface area contributed by atoms with Crippen LogP contribution in [0.1, 0.15) is 31.2 Å². The molecular formula is C13H16ClF2N. The molecule has 1 heterocycles. The fourth-order valence-electron chi connectivity index (χ4n) is 2.28. The molecule has 0 saturated carbocycles. The van der Waals surface area contributed by atoms with E-state index in [2.05, 4.69) is 5.32 Å². The molecule has 1 aromatic rings. The molecule has 0 spiro atoms. The maximum absolute atomic E-state index is 14.1. The summed E-state index contributed by atoms with van der Waals surface area (Å²) >= 11 is 5.83. The topological polar surface area (TPSA) is 12.0 Å². The Kier molecular flexibility index (Phi) is 4.00. The predicted octanol–water partition coefficient (Wildman–Crippen LogP) is 3.96. The van der Waals surface area contributed by atoms with Gasteiger partial charge in [-0.05, 0) is 25.5 Å². The van der Waals surface area contributed by atoms with E-state index >= 15 is 0 Å². The molecule has 1 aliphatic rings. The summed E-state index contributed by atoms with van der Waals surface area (Å²) in [5, 5.41) is 3.29. The van der Waals surface area contributed by atoms with E-state index in [9.17, 15) is 8.78 Å². The standard InChI is InChI=1S/C13H16ClF2N/c14-12-7-2-1-6-11(12)13(15,16)9-10-5-3-4-8-17-10/h1-2,6-7,10,17H,3-5,8-9H2. The first-order chi connectivity index (χ1) is 8.09. The fourth-order valence-corrected chi connectivity index (χ4v) is 2.55. The molecule has 1 aromatic carbocycles. The van der Waals surface area contributed by atoms with Crippen LogP contribution in [0.2, 0.25) is 5.02 Å². The quantitative estimate of drug-likeness (QED) is 0.866. The van der Waals surface area contributed by atoms with Gasteiger partial charge >= 0.3 is 0 Å². The Bertz CT molecular complexity index is 375. The molecular weight excluding hydrogens is 244 g/mol. The minimum absolute atomic E-state index is 0.0611. The molecule has 0 aliphatic carbocycles. The Labute approximate surface area is 105 Å². The molecule has 1 atom stereocenters. The molecule has 0 aromatic heterocycles. The molecule has 1 aliphatic heterocycles. The number of hydrogen-bond donors (Lipinski definition) is 1. The number of halogens is 3. The molecule has 0 bridgehead atoms. The molecule has 1 nitrogen and oxygen atoms in total. The molecule has 4 heteroatoms. The van der Waals surface area contributed by atoms with Crippen molar-refractivity contribution in [3.8, 4) is 0 Å². The Balaban J connectivity index is 2.10. The van der Waals surface area contributed by atoms with Gasteiger partial charge < -0.3 is 5.32 Å². The molecule has 1 N–H and O–H groups in total. The Hall–Kier alpha value is -0.670. The number of rotatable bonds is 3. The van der Waals surface area contributed by atoms with Crippen LogP contribution in [0.5, 0.6) is 0 Å². The summed E-state index contributed by atoms with van der Waals surface area (Å²) in [6.07, 6.45) is 2.75. The third-order valence-electron chi connectivity index (χ3n) is 3.18. The van der Waals surface area contributed by atoms with Gasteiger partial charge in [0.2, 0.25) is 0 Å². The van der Waals surface area contributed by atoms with Crippen LogP contribution in [0.25, 0.3) is 0 Å². The molecule has 94 valence electrons. The van der Waals surface area contributed by atoms with Gasteiger partial charge in [0.25, 0.3) is 5.92 Å². The molecule has 1 saturated heterocycles. The van der Waals surface area contributed by atoms with Crippen molar-refractivity contribution in [1.29, 1.82) is 0 Å². The first kappa shape index (κ1) is 12.8. The Morgan fingerprint density at radius 3 is 2.71 bits per heavy atom. The lowest BCUT2D eigenvalue weighted by molar-refractivity contribution is -0.0252. The van der Waals surface area contributed by atoms with E-state index in [1.54, 1.807) is 12.1 Å². The van der Waals surface area contributed by atoms with Crippen LogP contribution in [0, 0.1) is 0 Å². The van der Waals surface area contributed by atoms with Crippen LogP contribution in [-0.2, 0) is 5.92 Å². The molecule has 1 fully saturated rings. The zero-order valence-electron chi connectivity index (χ0n) is 9.56. The second-order valence-electron chi connectivity index (χ2n) is 4.54. The summed E-state index contributed by atoms with van der Waals surface area (Å²) in [4.78, 5) is 0. The van der Waals surface area contributed by atoms with Gasteiger partial charge in [0.05, 0.1) is 0 Å². The van der Waals surface area contributed by atoms with Crippen LogP contribution in [0.3, 0.4) is 0 Å². The third kappa shape index (κ3) is 3.17. The monoisotopic (exact) mass is 259 g/mol. The zero-order valence-corrected chi connectivity index (χ0v) is 10.3. The van der Waals surface area contributed by atoms with E-state index in [4.69, 9.17) is 11.6 Å². The number of alkyl halides is 2. The minimum atomic E-state index is -2.85. The maximum atomic E-state index is 14.1. The summed E-state index contributed by atoms with van der Waals surface area (Å²) in [7, 11) is 0. The van der Waals surface area contributed by atoms with Gasteiger partial charge in [-0.3, -0.25) is 0 Å². The largest absolute Gasteiger partial charge is 0.314 e. The van der Waals surface area contributed by atoms with Gasteiger partial charge in [-0.25, -0.2) is 8.78 Å². The van der Waals surface area contributed by atoms with Gasteiger partial charge in [-0.2, -0.15) is 0 Å². The van der Waals surface area contributed by atoms with Gasteiger partial charge in [0.1, 0.15) is 0 Å². The molecule has 2 rings (SSSR count). The first-order valence-corrected chi connectivity index (χ1v) is 6.33. The van der Waals surface area contributed by atoms with E-state index in [0.717, 1.165) is 25.8 Å². The van der Waals surface area contributed by atoms with Crippen molar-refractivity contribution >= 4 is 11.6 Å². The highest BCUT2D eigenvalue weighted by Gasteiger charge is 2.36. The summed E-state index contributed by atoms with van der Waals surface area (Å²) in [6, 6.07) is 6.09. The lowest BCUT2D eigenvalue weighted by Crippen LogP contribution is -2.38. The second kappa shape index (κ2) is 5.32. The summed E-state index contributed by atoms with van der Waals surface area (Å²) in [5.41, 5.74) is -0.0611. The van der Waals surface area contributed by atoms with Crippen molar-refractivity contribution in [1.82, 2.24) is 5.32 Å². The smallest absolute Gasteiger partial charge is 0.276 e. The Morgan fingerprint density at radius 2 is 2.06 bits per heavy atom. The lowest BCUT2D eigenvalue weighted by atomic mass is 9.95. The van der Waals surface area contributed by atoms with Gasteiger partial charge in [-0.15, -0.1) is 0 Å². The number of benzene rings is 1. The SMILES string of the molecule is FC(F)(CC1CCCCN1)c1ccccc1Cl. The second-order valence-corrected chi connectivity index (χ2v) is 4.94. The number of hydrogen-bond acceptors (Lipinski definition) is 1. The highest BCUT2D eigenvalue weighted by atomic mass is 35.5. The molecule has 0 amide bonds. The van der Waals surface area contributed by atoms with Crippen LogP contribution in [-0.4, -0.2) is 12.6 Å². The van der Waals surface area contributed by atoms with Crippen LogP contribution < -0.4 is 5.32 Å². The molecule has 17 heavy (non-hydrogen) atoms. The van der Waals surface area contributed by atoms with Crippen LogP contribution in [0.4, 0.5) is 8.78 Å². The van der Waals surface area contributed by atoms with Crippen molar-refractivity contribution < 1.29 is 8.78 Å². The Morgan fingerprint density at radius 1 is 1.29 bits per heavy atom. The van der Waals surface area contributed by atoms with Gasteiger partial charge in [-0.1, -0.05) is 36.2 Å². The average Bonchev–Trinajstić information content (AvgIpc) is 2.30. The third-order valence-corrected chi connectivity index (χ3v) is 3.51. The van der Waals surface area contributed by atoms with E-state index < -0.39 is 5.92 Å². The van der Waals surface area contributed by atoms with Crippen molar-refractivity contribution in [2.24, 2.45) is 0 Å². The number of nitrogens with one attached hydrogen (secondary N) is 1. The van der Waals surface area contributed by atoms with Crippen molar-refractivity contribution in [2.45, 2.75) is 37.6 Å². The summed E-state index contributed by atoms with van der Waals surface area (Å²) < 4.78 is 28.2. The van der Waals surface area contributed by atoms with Gasteiger partial charge in [0, 0.05) is 23.0 Å². The highest BCUT2D eigenvalue weighted by Crippen LogP contribution is 2.38. The van der Waals surface area contributed by atoms with Gasteiger partial charge in [0.15, 0.2) is 0 Å². The van der Waals surface area contributed by atoms with E-state index in [1.165, 1.54) is 12.1 Å². The summed E-state index contributed by atoms with van der Waals surface area (Å²) in [6.45, 7) is 0.837. The van der Waals surface area contributed by atoms with E-state index in [0.29, 0.717) is 0 Å². The van der Waals surface area contributed by atoms with Crippen molar-refractivity contribution in [3.63, 3.8) is 0 Å².